The van der Waals surface area contributed by atoms with E-state index in [1.165, 1.54) is 22.3 Å². The van der Waals surface area contributed by atoms with Crippen LogP contribution in [-0.2, 0) is 6.42 Å². The lowest BCUT2D eigenvalue weighted by Crippen LogP contribution is -2.44. The number of aromatic nitrogens is 3. The zero-order valence-corrected chi connectivity index (χ0v) is 18.5. The third-order valence-corrected chi connectivity index (χ3v) is 6.75. The Hall–Kier alpha value is -2.45. The van der Waals surface area contributed by atoms with Crippen molar-refractivity contribution in [2.75, 3.05) is 38.1 Å². The highest BCUT2D eigenvalue weighted by Crippen LogP contribution is 2.23. The fourth-order valence-electron chi connectivity index (χ4n) is 3.92. The van der Waals surface area contributed by atoms with E-state index >= 15 is 0 Å². The lowest BCUT2D eigenvalue weighted by Gasteiger charge is -2.31. The Kier molecular flexibility index (Phi) is 6.64. The number of aromatic amines is 1. The molecule has 3 heterocycles. The van der Waals surface area contributed by atoms with Crippen LogP contribution in [0.15, 0.2) is 30.5 Å². The van der Waals surface area contributed by atoms with E-state index in [2.05, 4.69) is 68.7 Å². The van der Waals surface area contributed by atoms with E-state index < -0.39 is 0 Å². The predicted molar refractivity (Wildman–Crippen MR) is 122 cm³/mol. The summed E-state index contributed by atoms with van der Waals surface area (Å²) in [6, 6.07) is 8.38. The fourth-order valence-corrected chi connectivity index (χ4v) is 4.72. The van der Waals surface area contributed by atoms with Gasteiger partial charge in [-0.3, -0.25) is 4.79 Å². The van der Waals surface area contributed by atoms with E-state index in [-0.39, 0.29) is 11.9 Å². The van der Waals surface area contributed by atoms with Crippen LogP contribution in [0.3, 0.4) is 0 Å². The predicted octanol–water partition coefficient (Wildman–Crippen LogP) is 3.30. The lowest BCUT2D eigenvalue weighted by atomic mass is 10.0. The maximum Gasteiger partial charge on any atom is 0.282 e. The Labute approximate surface area is 181 Å². The van der Waals surface area contributed by atoms with Gasteiger partial charge in [0.1, 0.15) is 0 Å². The highest BCUT2D eigenvalue weighted by Gasteiger charge is 2.22. The van der Waals surface area contributed by atoms with Crippen molar-refractivity contribution in [2.45, 2.75) is 38.6 Å². The number of hydrogen-bond donors (Lipinski definition) is 2. The van der Waals surface area contributed by atoms with E-state index in [9.17, 15) is 4.79 Å². The number of para-hydroxylation sites is 1. The molecule has 160 valence electrons. The van der Waals surface area contributed by atoms with Gasteiger partial charge >= 0.3 is 0 Å². The molecular formula is C22H30N6OS. The van der Waals surface area contributed by atoms with Crippen molar-refractivity contribution in [1.29, 1.82) is 0 Å². The number of nitrogens with one attached hydrogen (secondary N) is 2. The summed E-state index contributed by atoms with van der Waals surface area (Å²) in [4.78, 5) is 20.8. The Morgan fingerprint density at radius 3 is 2.83 bits per heavy atom. The molecule has 0 aliphatic carbocycles. The maximum absolute atomic E-state index is 12.9. The van der Waals surface area contributed by atoms with Gasteiger partial charge in [-0.2, -0.15) is 0 Å². The number of amides is 1. The molecule has 2 aromatic heterocycles. The van der Waals surface area contributed by atoms with Gasteiger partial charge in [-0.25, -0.2) is 0 Å². The van der Waals surface area contributed by atoms with Gasteiger partial charge in [0, 0.05) is 49.3 Å². The van der Waals surface area contributed by atoms with Crippen molar-refractivity contribution in [3.8, 4) is 0 Å². The molecule has 4 rings (SSSR count). The van der Waals surface area contributed by atoms with Crippen LogP contribution in [0.25, 0.3) is 10.9 Å². The highest BCUT2D eigenvalue weighted by atomic mass is 32.1. The van der Waals surface area contributed by atoms with Crippen molar-refractivity contribution in [2.24, 2.45) is 0 Å². The number of benzene rings is 1. The van der Waals surface area contributed by atoms with Gasteiger partial charge in [0.2, 0.25) is 10.1 Å². The summed E-state index contributed by atoms with van der Waals surface area (Å²) >= 11 is 1.39. The summed E-state index contributed by atoms with van der Waals surface area (Å²) in [7, 11) is 2.13. The van der Waals surface area contributed by atoms with Crippen molar-refractivity contribution >= 4 is 33.3 Å². The number of likely N-dealkylation sites (N-methyl/N-ethyl adjacent to an activating group) is 1. The molecule has 2 N–H and O–H groups in total. The largest absolute Gasteiger partial charge is 0.361 e. The molecule has 1 atom stereocenters. The van der Waals surface area contributed by atoms with Crippen LogP contribution in [0.5, 0.6) is 0 Å². The number of H-pyrrole nitrogens is 1. The summed E-state index contributed by atoms with van der Waals surface area (Å²) in [6.45, 7) is 6.03. The zero-order chi connectivity index (χ0) is 20.9. The average molecular weight is 427 g/mol. The monoisotopic (exact) mass is 426 g/mol. The molecule has 1 amide bonds. The third-order valence-electron chi connectivity index (χ3n) is 5.76. The average Bonchev–Trinajstić information content (AvgIpc) is 3.40. The molecule has 7 nitrogen and oxygen atoms in total. The standard InChI is InChI=1S/C22H30N6OS/c1-3-4-7-17(14-16-15-23-19-9-6-5-8-18(16)19)24-20(29)21-25-26-22(30-21)28-12-10-27(2)11-13-28/h5-6,8-9,15,17,23H,3-4,7,10-14H2,1-2H3,(H,24,29). The number of carbonyl (C=O) groups excluding carboxylic acids is 1. The van der Waals surface area contributed by atoms with Gasteiger partial charge < -0.3 is 20.1 Å². The van der Waals surface area contributed by atoms with Crippen LogP contribution in [-0.4, -0.2) is 65.3 Å². The number of unbranched alkanes of at least 4 members (excludes halogenated alkanes) is 1. The first kappa shape index (κ1) is 20.8. The Bertz CT molecular complexity index is 975. The molecule has 30 heavy (non-hydrogen) atoms. The van der Waals surface area contributed by atoms with E-state index in [0.29, 0.717) is 5.01 Å². The van der Waals surface area contributed by atoms with Gasteiger partial charge in [0.25, 0.3) is 5.91 Å². The van der Waals surface area contributed by atoms with E-state index in [1.807, 2.05) is 6.07 Å². The van der Waals surface area contributed by atoms with Gasteiger partial charge in [-0.15, -0.1) is 10.2 Å². The topological polar surface area (TPSA) is 77.1 Å². The number of anilines is 1. The van der Waals surface area contributed by atoms with Crippen LogP contribution in [0, 0.1) is 0 Å². The van der Waals surface area contributed by atoms with Crippen LogP contribution < -0.4 is 10.2 Å². The van der Waals surface area contributed by atoms with Gasteiger partial charge in [-0.1, -0.05) is 49.3 Å². The molecule has 0 spiro atoms. The minimum absolute atomic E-state index is 0.0765. The molecule has 3 aromatic rings. The Balaban J connectivity index is 1.43. The molecule has 0 radical (unpaired) electrons. The van der Waals surface area contributed by atoms with E-state index in [0.717, 1.165) is 62.5 Å². The molecule has 0 saturated carbocycles. The molecule has 1 aliphatic heterocycles. The van der Waals surface area contributed by atoms with Crippen molar-refractivity contribution in [3.63, 3.8) is 0 Å². The van der Waals surface area contributed by atoms with Gasteiger partial charge in [0.05, 0.1) is 0 Å². The van der Waals surface area contributed by atoms with Gasteiger partial charge in [0.15, 0.2) is 0 Å². The van der Waals surface area contributed by atoms with Crippen molar-refractivity contribution in [1.82, 2.24) is 25.4 Å². The molecule has 0 bridgehead atoms. The summed E-state index contributed by atoms with van der Waals surface area (Å²) in [5, 5.41) is 14.2. The van der Waals surface area contributed by atoms with Crippen LogP contribution in [0.4, 0.5) is 5.13 Å². The first-order valence-electron chi connectivity index (χ1n) is 10.8. The number of nitrogens with zero attached hydrogens (tertiary/aromatic N) is 4. The highest BCUT2D eigenvalue weighted by molar-refractivity contribution is 7.17. The second-order valence-corrected chi connectivity index (χ2v) is 9.01. The first-order chi connectivity index (χ1) is 14.6. The molecule has 8 heteroatoms. The molecule has 1 unspecified atom stereocenters. The maximum atomic E-state index is 12.9. The number of piperazine rings is 1. The molecule has 1 aliphatic rings. The second kappa shape index (κ2) is 9.57. The minimum Gasteiger partial charge on any atom is -0.361 e. The van der Waals surface area contributed by atoms with Crippen molar-refractivity contribution < 1.29 is 4.79 Å². The number of fused-ring (bicyclic) bond motifs is 1. The number of hydrogen-bond acceptors (Lipinski definition) is 6. The minimum atomic E-state index is -0.117. The lowest BCUT2D eigenvalue weighted by molar-refractivity contribution is 0.0933. The molecule has 1 saturated heterocycles. The smallest absolute Gasteiger partial charge is 0.282 e. The summed E-state index contributed by atoms with van der Waals surface area (Å²) in [5.41, 5.74) is 2.37. The van der Waals surface area contributed by atoms with Gasteiger partial charge in [-0.05, 0) is 31.5 Å². The quantitative estimate of drug-likeness (QED) is 0.578. The normalized spacial score (nSPS) is 16.1. The Morgan fingerprint density at radius 1 is 1.23 bits per heavy atom. The fraction of sp³-hybridized carbons (Fsp3) is 0.500. The van der Waals surface area contributed by atoms with Crippen LogP contribution >= 0.6 is 11.3 Å². The Morgan fingerprint density at radius 2 is 2.03 bits per heavy atom. The SMILES string of the molecule is CCCCC(Cc1c[nH]c2ccccc12)NC(=O)c1nnc(N2CCN(C)CC2)s1. The number of carbonyl (C=O) groups is 1. The zero-order valence-electron chi connectivity index (χ0n) is 17.7. The second-order valence-electron chi connectivity index (χ2n) is 8.06. The molecule has 1 fully saturated rings. The third kappa shape index (κ3) is 4.82. The van der Waals surface area contributed by atoms with Crippen LogP contribution in [0.2, 0.25) is 0 Å². The summed E-state index contributed by atoms with van der Waals surface area (Å²) in [5.74, 6) is -0.117. The molecular weight excluding hydrogens is 396 g/mol. The summed E-state index contributed by atoms with van der Waals surface area (Å²) < 4.78 is 0. The first-order valence-corrected chi connectivity index (χ1v) is 11.6. The van der Waals surface area contributed by atoms with E-state index in [4.69, 9.17) is 0 Å². The molecule has 1 aromatic carbocycles. The van der Waals surface area contributed by atoms with Crippen LogP contribution in [0.1, 0.15) is 41.6 Å². The number of rotatable bonds is 8. The summed E-state index contributed by atoms with van der Waals surface area (Å²) in [6.07, 6.45) is 6.00. The van der Waals surface area contributed by atoms with E-state index in [1.54, 1.807) is 0 Å². The van der Waals surface area contributed by atoms with Crippen molar-refractivity contribution in [3.05, 3.63) is 41.0 Å².